The molecule has 0 aliphatic carbocycles. The number of methoxy groups -OCH3 is 1. The fourth-order valence-corrected chi connectivity index (χ4v) is 2.77. The maximum atomic E-state index is 5.21. The Morgan fingerprint density at radius 2 is 1.89 bits per heavy atom. The molecule has 1 heterocycles. The van der Waals surface area contributed by atoms with E-state index in [1.807, 2.05) is 12.1 Å². The Balaban J connectivity index is 1.91. The van der Waals surface area contributed by atoms with Crippen LogP contribution in [-0.2, 0) is 0 Å². The van der Waals surface area contributed by atoms with Gasteiger partial charge in [0.25, 0.3) is 0 Å². The molecule has 0 saturated carbocycles. The van der Waals surface area contributed by atoms with Crippen LogP contribution in [0, 0.1) is 5.92 Å². The molecule has 1 N–H and O–H groups in total. The second-order valence-electron chi connectivity index (χ2n) is 5.58. The van der Waals surface area contributed by atoms with Crippen molar-refractivity contribution in [1.82, 2.24) is 10.2 Å². The predicted molar refractivity (Wildman–Crippen MR) is 79.6 cm³/mol. The number of nitrogens with zero attached hydrogens (tertiary/aromatic N) is 1. The number of benzene rings is 1. The van der Waals surface area contributed by atoms with Crippen molar-refractivity contribution in [3.63, 3.8) is 0 Å². The van der Waals surface area contributed by atoms with E-state index in [0.717, 1.165) is 11.7 Å². The Bertz CT molecular complexity index is 371. The molecule has 1 aliphatic rings. The molecule has 19 heavy (non-hydrogen) atoms. The molecular formula is C16H26N2O. The zero-order valence-electron chi connectivity index (χ0n) is 12.4. The molecule has 106 valence electrons. The highest BCUT2D eigenvalue weighted by atomic mass is 16.5. The predicted octanol–water partition coefficient (Wildman–Crippen LogP) is 2.69. The lowest BCUT2D eigenvalue weighted by molar-refractivity contribution is 0.196. The number of hydrogen-bond acceptors (Lipinski definition) is 3. The molecule has 1 fully saturated rings. The molecule has 1 saturated heterocycles. The van der Waals surface area contributed by atoms with Crippen molar-refractivity contribution in [2.75, 3.05) is 33.8 Å². The summed E-state index contributed by atoms with van der Waals surface area (Å²) in [7, 11) is 3.94. The number of piperidine rings is 1. The van der Waals surface area contributed by atoms with Gasteiger partial charge < -0.3 is 10.1 Å². The average Bonchev–Trinajstić information content (AvgIpc) is 2.47. The Morgan fingerprint density at radius 3 is 2.47 bits per heavy atom. The highest BCUT2D eigenvalue weighted by molar-refractivity contribution is 5.28. The first-order chi connectivity index (χ1) is 9.20. The van der Waals surface area contributed by atoms with Crippen LogP contribution in [0.3, 0.4) is 0 Å². The Morgan fingerprint density at radius 1 is 1.26 bits per heavy atom. The molecular weight excluding hydrogens is 236 g/mol. The van der Waals surface area contributed by atoms with E-state index in [2.05, 4.69) is 36.3 Å². The highest BCUT2D eigenvalue weighted by Crippen LogP contribution is 2.23. The second-order valence-corrected chi connectivity index (χ2v) is 5.58. The molecule has 1 atom stereocenters. The lowest BCUT2D eigenvalue weighted by Gasteiger charge is -2.31. The van der Waals surface area contributed by atoms with Crippen molar-refractivity contribution in [2.24, 2.45) is 5.92 Å². The number of rotatable bonds is 5. The monoisotopic (exact) mass is 262 g/mol. The molecule has 1 unspecified atom stereocenters. The third-order valence-electron chi connectivity index (χ3n) is 4.26. The number of nitrogens with one attached hydrogen (secondary N) is 1. The van der Waals surface area contributed by atoms with E-state index in [1.54, 1.807) is 7.11 Å². The summed E-state index contributed by atoms with van der Waals surface area (Å²) in [4.78, 5) is 2.47. The van der Waals surface area contributed by atoms with Gasteiger partial charge in [0.15, 0.2) is 0 Å². The minimum atomic E-state index is 0.459. The summed E-state index contributed by atoms with van der Waals surface area (Å²) < 4.78 is 5.21. The fourth-order valence-electron chi connectivity index (χ4n) is 2.77. The molecule has 0 aromatic heterocycles. The zero-order valence-corrected chi connectivity index (χ0v) is 12.4. The second kappa shape index (κ2) is 6.92. The molecule has 0 amide bonds. The minimum Gasteiger partial charge on any atom is -0.497 e. The van der Waals surface area contributed by atoms with Gasteiger partial charge in [-0.3, -0.25) is 4.90 Å². The summed E-state index contributed by atoms with van der Waals surface area (Å²) in [5, 5.41) is 3.43. The molecule has 1 aromatic rings. The van der Waals surface area contributed by atoms with Crippen LogP contribution in [0.5, 0.6) is 5.75 Å². The third kappa shape index (κ3) is 3.95. The van der Waals surface area contributed by atoms with Gasteiger partial charge in [-0.1, -0.05) is 12.1 Å². The van der Waals surface area contributed by atoms with Crippen LogP contribution in [-0.4, -0.2) is 38.7 Å². The molecule has 2 rings (SSSR count). The zero-order chi connectivity index (χ0) is 13.7. The quantitative estimate of drug-likeness (QED) is 0.883. The van der Waals surface area contributed by atoms with E-state index in [0.29, 0.717) is 6.04 Å². The van der Waals surface area contributed by atoms with E-state index < -0.39 is 0 Å². The largest absolute Gasteiger partial charge is 0.497 e. The average molecular weight is 262 g/mol. The maximum absolute atomic E-state index is 5.21. The first-order valence-corrected chi connectivity index (χ1v) is 7.25. The maximum Gasteiger partial charge on any atom is 0.118 e. The van der Waals surface area contributed by atoms with Crippen LogP contribution >= 0.6 is 0 Å². The Kier molecular flexibility index (Phi) is 5.23. The molecule has 3 heteroatoms. The van der Waals surface area contributed by atoms with Crippen LogP contribution in [0.25, 0.3) is 0 Å². The molecule has 0 spiro atoms. The summed E-state index contributed by atoms with van der Waals surface area (Å²) in [5.41, 5.74) is 1.36. The summed E-state index contributed by atoms with van der Waals surface area (Å²) in [6.07, 6.45) is 2.61. The SMILES string of the molecule is COc1ccc(C(C)N(C)CC2CCNCC2)cc1. The smallest absolute Gasteiger partial charge is 0.118 e. The summed E-state index contributed by atoms with van der Waals surface area (Å²) in [6, 6.07) is 8.89. The first-order valence-electron chi connectivity index (χ1n) is 7.25. The standard InChI is InChI=1S/C16H26N2O/c1-13(15-4-6-16(19-3)7-5-15)18(2)12-14-8-10-17-11-9-14/h4-7,13-14,17H,8-12H2,1-3H3. The van der Waals surface area contributed by atoms with Crippen LogP contribution in [0.1, 0.15) is 31.4 Å². The first kappa shape index (κ1) is 14.4. The van der Waals surface area contributed by atoms with Gasteiger partial charge in [-0.25, -0.2) is 0 Å². The van der Waals surface area contributed by atoms with Crippen molar-refractivity contribution >= 4 is 0 Å². The van der Waals surface area contributed by atoms with Crippen LogP contribution < -0.4 is 10.1 Å². The van der Waals surface area contributed by atoms with Crippen molar-refractivity contribution in [2.45, 2.75) is 25.8 Å². The minimum absolute atomic E-state index is 0.459. The summed E-state index contributed by atoms with van der Waals surface area (Å²) in [6.45, 7) is 5.82. The Hall–Kier alpha value is -1.06. The van der Waals surface area contributed by atoms with Crippen molar-refractivity contribution in [3.05, 3.63) is 29.8 Å². The topological polar surface area (TPSA) is 24.5 Å². The van der Waals surface area contributed by atoms with Gasteiger partial charge >= 0.3 is 0 Å². The van der Waals surface area contributed by atoms with Crippen molar-refractivity contribution < 1.29 is 4.74 Å². The normalized spacial score (nSPS) is 18.5. The molecule has 1 aromatic carbocycles. The van der Waals surface area contributed by atoms with Gasteiger partial charge in [-0.15, -0.1) is 0 Å². The summed E-state index contributed by atoms with van der Waals surface area (Å²) >= 11 is 0. The molecule has 0 bridgehead atoms. The number of hydrogen-bond donors (Lipinski definition) is 1. The molecule has 0 radical (unpaired) electrons. The van der Waals surface area contributed by atoms with E-state index in [9.17, 15) is 0 Å². The van der Waals surface area contributed by atoms with Gasteiger partial charge in [-0.05, 0) is 63.5 Å². The Labute approximate surface area is 116 Å². The third-order valence-corrected chi connectivity index (χ3v) is 4.26. The van der Waals surface area contributed by atoms with E-state index in [1.165, 1.54) is 38.0 Å². The van der Waals surface area contributed by atoms with E-state index in [-0.39, 0.29) is 0 Å². The molecule has 3 nitrogen and oxygen atoms in total. The van der Waals surface area contributed by atoms with Gasteiger partial charge in [-0.2, -0.15) is 0 Å². The van der Waals surface area contributed by atoms with Crippen LogP contribution in [0.4, 0.5) is 0 Å². The van der Waals surface area contributed by atoms with Gasteiger partial charge in [0.2, 0.25) is 0 Å². The van der Waals surface area contributed by atoms with Crippen LogP contribution in [0.2, 0.25) is 0 Å². The lowest BCUT2D eigenvalue weighted by Crippen LogP contribution is -2.35. The van der Waals surface area contributed by atoms with Crippen LogP contribution in [0.15, 0.2) is 24.3 Å². The molecule has 1 aliphatic heterocycles. The van der Waals surface area contributed by atoms with E-state index >= 15 is 0 Å². The fraction of sp³-hybridized carbons (Fsp3) is 0.625. The van der Waals surface area contributed by atoms with Gasteiger partial charge in [0.1, 0.15) is 5.75 Å². The van der Waals surface area contributed by atoms with Gasteiger partial charge in [0.05, 0.1) is 7.11 Å². The lowest BCUT2D eigenvalue weighted by atomic mass is 9.96. The summed E-state index contributed by atoms with van der Waals surface area (Å²) in [5.74, 6) is 1.77. The van der Waals surface area contributed by atoms with Crippen molar-refractivity contribution in [1.29, 1.82) is 0 Å². The highest BCUT2D eigenvalue weighted by Gasteiger charge is 2.18. The van der Waals surface area contributed by atoms with Crippen molar-refractivity contribution in [3.8, 4) is 5.75 Å². The number of ether oxygens (including phenoxy) is 1. The van der Waals surface area contributed by atoms with Gasteiger partial charge in [0, 0.05) is 12.6 Å². The van der Waals surface area contributed by atoms with E-state index in [4.69, 9.17) is 4.74 Å².